The minimum absolute atomic E-state index is 0.000999. The molecule has 2 aromatic carbocycles. The zero-order valence-corrected chi connectivity index (χ0v) is 11.6. The highest BCUT2D eigenvalue weighted by Gasteiger charge is 2.07. The summed E-state index contributed by atoms with van der Waals surface area (Å²) < 4.78 is 4.95. The van der Waals surface area contributed by atoms with Crippen molar-refractivity contribution in [2.24, 2.45) is 5.10 Å². The zero-order chi connectivity index (χ0) is 16.1. The van der Waals surface area contributed by atoms with Gasteiger partial charge in [0.15, 0.2) is 11.5 Å². The summed E-state index contributed by atoms with van der Waals surface area (Å²) in [7, 11) is 1.42. The van der Waals surface area contributed by atoms with Gasteiger partial charge in [0.2, 0.25) is 0 Å². The number of methoxy groups -OCH3 is 1. The van der Waals surface area contributed by atoms with Crippen molar-refractivity contribution in [1.82, 2.24) is 5.43 Å². The fourth-order valence-corrected chi connectivity index (χ4v) is 1.73. The Morgan fingerprint density at radius 1 is 1.14 bits per heavy atom. The van der Waals surface area contributed by atoms with Crippen LogP contribution < -0.4 is 10.2 Å². The molecule has 2 rings (SSSR count). The van der Waals surface area contributed by atoms with Gasteiger partial charge in [-0.25, -0.2) is 5.43 Å². The molecule has 0 aliphatic carbocycles. The predicted octanol–water partition coefficient (Wildman–Crippen LogP) is 1.58. The van der Waals surface area contributed by atoms with Crippen LogP contribution in [0.15, 0.2) is 41.5 Å². The predicted molar refractivity (Wildman–Crippen MR) is 79.5 cm³/mol. The van der Waals surface area contributed by atoms with E-state index >= 15 is 0 Å². The summed E-state index contributed by atoms with van der Waals surface area (Å²) in [6.45, 7) is 0. The molecule has 7 heteroatoms. The lowest BCUT2D eigenvalue weighted by Crippen LogP contribution is -2.17. The van der Waals surface area contributed by atoms with Gasteiger partial charge in [0, 0.05) is 11.6 Å². The molecule has 114 valence electrons. The SMILES string of the molecule is COc1cc(/C=N/NC(=O)c2cc(O)cc(O)c2)ccc1O. The van der Waals surface area contributed by atoms with Crippen molar-refractivity contribution < 1.29 is 24.9 Å². The minimum Gasteiger partial charge on any atom is -0.508 e. The average Bonchev–Trinajstić information content (AvgIpc) is 2.47. The van der Waals surface area contributed by atoms with Crippen molar-refractivity contribution in [2.45, 2.75) is 0 Å². The molecular formula is C15H14N2O5. The van der Waals surface area contributed by atoms with Crippen LogP contribution in [0.5, 0.6) is 23.0 Å². The quantitative estimate of drug-likeness (QED) is 0.506. The number of carbonyl (C=O) groups is 1. The largest absolute Gasteiger partial charge is 0.508 e. The van der Waals surface area contributed by atoms with E-state index in [9.17, 15) is 20.1 Å². The van der Waals surface area contributed by atoms with E-state index in [0.717, 1.165) is 6.07 Å². The first-order chi connectivity index (χ1) is 10.5. The number of hydrogen-bond donors (Lipinski definition) is 4. The first-order valence-corrected chi connectivity index (χ1v) is 6.23. The Labute approximate surface area is 126 Å². The van der Waals surface area contributed by atoms with Gasteiger partial charge in [0.25, 0.3) is 5.91 Å². The van der Waals surface area contributed by atoms with Crippen LogP contribution in [0, 0.1) is 0 Å². The lowest BCUT2D eigenvalue weighted by atomic mass is 10.2. The third-order valence-electron chi connectivity index (χ3n) is 2.75. The van der Waals surface area contributed by atoms with Crippen molar-refractivity contribution in [2.75, 3.05) is 7.11 Å². The Morgan fingerprint density at radius 2 is 1.82 bits per heavy atom. The summed E-state index contributed by atoms with van der Waals surface area (Å²) in [6, 6.07) is 8.10. The standard InChI is InChI=1S/C15H14N2O5/c1-22-14-4-9(2-3-13(14)20)8-16-17-15(21)10-5-11(18)7-12(19)6-10/h2-8,18-20H,1H3,(H,17,21)/b16-8+. The topological polar surface area (TPSA) is 111 Å². The van der Waals surface area contributed by atoms with E-state index in [4.69, 9.17) is 4.74 Å². The Kier molecular flexibility index (Phi) is 4.47. The van der Waals surface area contributed by atoms with Gasteiger partial charge in [-0.1, -0.05) is 0 Å². The molecule has 0 heterocycles. The third-order valence-corrected chi connectivity index (χ3v) is 2.75. The Morgan fingerprint density at radius 3 is 2.45 bits per heavy atom. The van der Waals surface area contributed by atoms with Crippen molar-refractivity contribution >= 4 is 12.1 Å². The first kappa shape index (κ1) is 15.2. The molecule has 0 unspecified atom stereocenters. The van der Waals surface area contributed by atoms with Crippen molar-refractivity contribution in [3.05, 3.63) is 47.5 Å². The lowest BCUT2D eigenvalue weighted by molar-refractivity contribution is 0.0954. The number of rotatable bonds is 4. The zero-order valence-electron chi connectivity index (χ0n) is 11.6. The molecule has 4 N–H and O–H groups in total. The summed E-state index contributed by atoms with van der Waals surface area (Å²) in [5.41, 5.74) is 2.93. The van der Waals surface area contributed by atoms with Crippen LogP contribution >= 0.6 is 0 Å². The molecule has 1 amide bonds. The number of amides is 1. The summed E-state index contributed by atoms with van der Waals surface area (Å²) in [6.07, 6.45) is 1.36. The number of carbonyl (C=O) groups excluding carboxylic acids is 1. The minimum atomic E-state index is -0.590. The van der Waals surface area contributed by atoms with Gasteiger partial charge < -0.3 is 20.1 Å². The number of phenolic OH excluding ortho intramolecular Hbond substituents is 3. The number of ether oxygens (including phenoxy) is 1. The van der Waals surface area contributed by atoms with Crippen LogP contribution in [0.2, 0.25) is 0 Å². The number of nitrogens with one attached hydrogen (secondary N) is 1. The van der Waals surface area contributed by atoms with Crippen molar-refractivity contribution in [3.63, 3.8) is 0 Å². The Bertz CT molecular complexity index is 708. The Hall–Kier alpha value is -3.22. The molecular weight excluding hydrogens is 288 g/mol. The molecule has 0 radical (unpaired) electrons. The number of benzene rings is 2. The van der Waals surface area contributed by atoms with Crippen LogP contribution in [0.1, 0.15) is 15.9 Å². The number of hydrogen-bond acceptors (Lipinski definition) is 6. The molecule has 22 heavy (non-hydrogen) atoms. The van der Waals surface area contributed by atoms with Gasteiger partial charge in [-0.15, -0.1) is 0 Å². The highest BCUT2D eigenvalue weighted by atomic mass is 16.5. The van der Waals surface area contributed by atoms with E-state index in [-0.39, 0.29) is 28.6 Å². The smallest absolute Gasteiger partial charge is 0.271 e. The van der Waals surface area contributed by atoms with E-state index in [0.29, 0.717) is 5.56 Å². The van der Waals surface area contributed by atoms with Crippen LogP contribution in [0.4, 0.5) is 0 Å². The molecule has 0 aliphatic heterocycles. The fraction of sp³-hybridized carbons (Fsp3) is 0.0667. The molecule has 0 spiro atoms. The number of hydrazone groups is 1. The maximum Gasteiger partial charge on any atom is 0.271 e. The second-order valence-electron chi connectivity index (χ2n) is 4.37. The van der Waals surface area contributed by atoms with Gasteiger partial charge in [-0.05, 0) is 35.9 Å². The Balaban J connectivity index is 2.07. The van der Waals surface area contributed by atoms with Crippen molar-refractivity contribution in [1.29, 1.82) is 0 Å². The molecule has 7 nitrogen and oxygen atoms in total. The molecule has 0 fully saturated rings. The highest BCUT2D eigenvalue weighted by molar-refractivity contribution is 5.95. The monoisotopic (exact) mass is 302 g/mol. The van der Waals surface area contributed by atoms with Crippen LogP contribution in [0.25, 0.3) is 0 Å². The second-order valence-corrected chi connectivity index (χ2v) is 4.37. The van der Waals surface area contributed by atoms with E-state index in [2.05, 4.69) is 10.5 Å². The molecule has 0 aromatic heterocycles. The number of phenols is 3. The van der Waals surface area contributed by atoms with Gasteiger partial charge >= 0.3 is 0 Å². The molecule has 0 bridgehead atoms. The second kappa shape index (κ2) is 6.49. The lowest BCUT2D eigenvalue weighted by Gasteiger charge is -2.04. The average molecular weight is 302 g/mol. The van der Waals surface area contributed by atoms with Crippen LogP contribution in [-0.2, 0) is 0 Å². The summed E-state index contributed by atoms with van der Waals surface area (Å²) >= 11 is 0. The van der Waals surface area contributed by atoms with Gasteiger partial charge in [-0.2, -0.15) is 5.10 Å². The van der Waals surface area contributed by atoms with Gasteiger partial charge in [0.05, 0.1) is 13.3 Å². The van der Waals surface area contributed by atoms with Crippen LogP contribution in [0.3, 0.4) is 0 Å². The maximum atomic E-state index is 11.8. The van der Waals surface area contributed by atoms with Gasteiger partial charge in [-0.3, -0.25) is 4.79 Å². The van der Waals surface area contributed by atoms with E-state index in [1.807, 2.05) is 0 Å². The molecule has 0 saturated heterocycles. The van der Waals surface area contributed by atoms with Gasteiger partial charge in [0.1, 0.15) is 11.5 Å². The number of aromatic hydroxyl groups is 3. The third kappa shape index (κ3) is 3.66. The summed E-state index contributed by atoms with van der Waals surface area (Å²) in [5, 5.41) is 31.8. The normalized spacial score (nSPS) is 10.6. The van der Waals surface area contributed by atoms with E-state index in [1.165, 1.54) is 31.5 Å². The first-order valence-electron chi connectivity index (χ1n) is 6.23. The fourth-order valence-electron chi connectivity index (χ4n) is 1.73. The van der Waals surface area contributed by atoms with E-state index in [1.54, 1.807) is 12.1 Å². The maximum absolute atomic E-state index is 11.8. The molecule has 2 aromatic rings. The molecule has 0 atom stereocenters. The molecule has 0 aliphatic rings. The highest BCUT2D eigenvalue weighted by Crippen LogP contribution is 2.25. The molecule has 0 saturated carbocycles. The van der Waals surface area contributed by atoms with Crippen molar-refractivity contribution in [3.8, 4) is 23.0 Å². The summed E-state index contributed by atoms with van der Waals surface area (Å²) in [5.74, 6) is -0.755. The summed E-state index contributed by atoms with van der Waals surface area (Å²) in [4.78, 5) is 11.8. The van der Waals surface area contributed by atoms with Crippen LogP contribution in [-0.4, -0.2) is 34.6 Å². The number of nitrogens with zero attached hydrogens (tertiary/aromatic N) is 1. The van der Waals surface area contributed by atoms with E-state index < -0.39 is 5.91 Å².